The second-order valence-electron chi connectivity index (χ2n) is 4.14. The zero-order valence-electron chi connectivity index (χ0n) is 8.83. The van der Waals surface area contributed by atoms with Crippen molar-refractivity contribution < 1.29 is 9.16 Å². The maximum atomic E-state index is 5.93. The molecule has 0 aromatic carbocycles. The van der Waals surface area contributed by atoms with E-state index in [0.29, 0.717) is 12.5 Å². The molecular formula is C9H18NO2Si. The van der Waals surface area contributed by atoms with Gasteiger partial charge in [0, 0.05) is 6.54 Å². The first-order valence-corrected chi connectivity index (χ1v) is 5.09. The molecule has 1 aliphatic heterocycles. The monoisotopic (exact) mass is 200 g/mol. The van der Waals surface area contributed by atoms with Crippen LogP contribution in [0.5, 0.6) is 0 Å². The van der Waals surface area contributed by atoms with Gasteiger partial charge in [-0.05, 0) is 19.9 Å². The van der Waals surface area contributed by atoms with Crippen LogP contribution >= 0.6 is 0 Å². The highest BCUT2D eigenvalue weighted by molar-refractivity contribution is 5.97. The number of hydrogen-bond donors (Lipinski definition) is 0. The van der Waals surface area contributed by atoms with Crippen molar-refractivity contribution in [2.75, 3.05) is 20.2 Å². The summed E-state index contributed by atoms with van der Waals surface area (Å²) < 4.78 is 10.8. The summed E-state index contributed by atoms with van der Waals surface area (Å²) in [5.74, 6) is 0.484. The Labute approximate surface area is 83.9 Å². The van der Waals surface area contributed by atoms with Crippen LogP contribution in [-0.2, 0) is 9.16 Å². The van der Waals surface area contributed by atoms with Gasteiger partial charge in [-0.25, -0.2) is 0 Å². The van der Waals surface area contributed by atoms with Gasteiger partial charge in [0.2, 0.25) is 10.5 Å². The summed E-state index contributed by atoms with van der Waals surface area (Å²) in [5, 5.41) is 0. The Morgan fingerprint density at radius 1 is 1.69 bits per heavy atom. The average Bonchev–Trinajstić information content (AvgIpc) is 2.29. The molecule has 0 bridgehead atoms. The summed E-state index contributed by atoms with van der Waals surface area (Å²) in [6.07, 6.45) is 0.176. The van der Waals surface area contributed by atoms with Gasteiger partial charge in [0.1, 0.15) is 5.72 Å². The van der Waals surface area contributed by atoms with Gasteiger partial charge in [-0.1, -0.05) is 13.8 Å². The Kier molecular flexibility index (Phi) is 3.51. The number of nitrogens with zero attached hydrogens (tertiary/aromatic N) is 1. The van der Waals surface area contributed by atoms with Crippen molar-refractivity contribution in [1.82, 2.24) is 4.90 Å². The van der Waals surface area contributed by atoms with E-state index in [1.807, 2.05) is 0 Å². The predicted molar refractivity (Wildman–Crippen MR) is 52.5 cm³/mol. The van der Waals surface area contributed by atoms with Crippen LogP contribution in [-0.4, -0.2) is 47.4 Å². The fourth-order valence-electron chi connectivity index (χ4n) is 1.71. The Morgan fingerprint density at radius 2 is 2.31 bits per heavy atom. The average molecular weight is 200 g/mol. The number of hydrogen-bond acceptors (Lipinski definition) is 3. The lowest BCUT2D eigenvalue weighted by Crippen LogP contribution is -2.44. The van der Waals surface area contributed by atoms with E-state index in [4.69, 9.17) is 9.16 Å². The van der Waals surface area contributed by atoms with Gasteiger partial charge in [0.25, 0.3) is 0 Å². The highest BCUT2D eigenvalue weighted by Crippen LogP contribution is 2.32. The van der Waals surface area contributed by atoms with Gasteiger partial charge in [-0.2, -0.15) is 0 Å². The third kappa shape index (κ3) is 2.12. The Hall–Kier alpha value is 0.0969. The van der Waals surface area contributed by atoms with Crippen molar-refractivity contribution in [2.24, 2.45) is 5.92 Å². The summed E-state index contributed by atoms with van der Waals surface area (Å²) >= 11 is 0. The minimum absolute atomic E-state index is 0.143. The molecule has 1 rings (SSSR count). The topological polar surface area (TPSA) is 21.7 Å². The molecule has 13 heavy (non-hydrogen) atoms. The van der Waals surface area contributed by atoms with Gasteiger partial charge < -0.3 is 9.16 Å². The lowest BCUT2D eigenvalue weighted by atomic mass is 10.0. The van der Waals surface area contributed by atoms with Crippen molar-refractivity contribution in [2.45, 2.75) is 32.6 Å². The first-order valence-electron chi connectivity index (χ1n) is 4.68. The minimum atomic E-state index is -0.143. The summed E-state index contributed by atoms with van der Waals surface area (Å²) in [6.45, 7) is 8.01. The fraction of sp³-hybridized carbons (Fsp3) is 1.00. The summed E-state index contributed by atoms with van der Waals surface area (Å²) in [4.78, 5) is 2.24. The Bertz CT molecular complexity index is 177. The van der Waals surface area contributed by atoms with Crippen molar-refractivity contribution in [3.05, 3.63) is 0 Å². The molecule has 1 saturated heterocycles. The molecule has 0 saturated carbocycles. The smallest absolute Gasteiger partial charge is 0.246 e. The van der Waals surface area contributed by atoms with Crippen LogP contribution < -0.4 is 0 Å². The van der Waals surface area contributed by atoms with Crippen molar-refractivity contribution in [3.63, 3.8) is 0 Å². The number of ether oxygens (including phenoxy) is 1. The van der Waals surface area contributed by atoms with E-state index in [1.165, 1.54) is 0 Å². The highest BCUT2D eigenvalue weighted by atomic mass is 28.2. The van der Waals surface area contributed by atoms with Gasteiger partial charge in [0.05, 0.1) is 12.7 Å². The van der Waals surface area contributed by atoms with Gasteiger partial charge in [0.15, 0.2) is 0 Å². The van der Waals surface area contributed by atoms with Gasteiger partial charge >= 0.3 is 0 Å². The molecule has 1 aliphatic rings. The molecular weight excluding hydrogens is 182 g/mol. The Balaban J connectivity index is 2.59. The third-order valence-corrected chi connectivity index (χ3v) is 3.15. The molecule has 2 unspecified atom stereocenters. The van der Waals surface area contributed by atoms with Gasteiger partial charge in [-0.15, -0.1) is 0 Å². The SMILES string of the molecule is CC(C)C1(C)OC(CO[Si])CN1C. The van der Waals surface area contributed by atoms with E-state index in [2.05, 4.69) is 43.2 Å². The predicted octanol–water partition coefficient (Wildman–Crippen LogP) is 0.789. The van der Waals surface area contributed by atoms with Crippen LogP contribution in [0.3, 0.4) is 0 Å². The van der Waals surface area contributed by atoms with E-state index in [1.54, 1.807) is 0 Å². The maximum absolute atomic E-state index is 5.93. The molecule has 1 fully saturated rings. The van der Waals surface area contributed by atoms with Crippen LogP contribution in [0.4, 0.5) is 0 Å². The van der Waals surface area contributed by atoms with E-state index in [9.17, 15) is 0 Å². The van der Waals surface area contributed by atoms with Crippen LogP contribution in [0.1, 0.15) is 20.8 Å². The number of rotatable bonds is 3. The first kappa shape index (κ1) is 11.2. The molecule has 0 aromatic rings. The first-order chi connectivity index (χ1) is 6.00. The second kappa shape index (κ2) is 4.08. The molecule has 75 valence electrons. The van der Waals surface area contributed by atoms with Crippen molar-refractivity contribution in [1.29, 1.82) is 0 Å². The third-order valence-electron chi connectivity index (χ3n) is 2.98. The van der Waals surface area contributed by atoms with Crippen LogP contribution in [0, 0.1) is 5.92 Å². The summed E-state index contributed by atoms with van der Waals surface area (Å²) in [6, 6.07) is 0. The van der Waals surface area contributed by atoms with E-state index in [-0.39, 0.29) is 11.8 Å². The standard InChI is InChI=1S/C9H18NO2Si/c1-7(2)9(3)10(4)5-8(12-9)6-11-13/h7-8H,5-6H2,1-4H3. The Morgan fingerprint density at radius 3 is 2.69 bits per heavy atom. The highest BCUT2D eigenvalue weighted by Gasteiger charge is 2.42. The quantitative estimate of drug-likeness (QED) is 0.629. The molecule has 0 spiro atoms. The van der Waals surface area contributed by atoms with Gasteiger partial charge in [-0.3, -0.25) is 4.90 Å². The molecule has 0 amide bonds. The van der Waals surface area contributed by atoms with Crippen LogP contribution in [0.2, 0.25) is 0 Å². The zero-order chi connectivity index (χ0) is 10.1. The molecule has 1 heterocycles. The molecule has 3 radical (unpaired) electrons. The van der Waals surface area contributed by atoms with Crippen molar-refractivity contribution >= 4 is 10.5 Å². The van der Waals surface area contributed by atoms with Crippen molar-refractivity contribution in [3.8, 4) is 0 Å². The molecule has 0 aliphatic carbocycles. The second-order valence-corrected chi connectivity index (χ2v) is 4.43. The largest absolute Gasteiger partial charge is 0.416 e. The molecule has 0 aromatic heterocycles. The van der Waals surface area contributed by atoms with Crippen LogP contribution in [0.15, 0.2) is 0 Å². The molecule has 2 atom stereocenters. The summed E-state index contributed by atoms with van der Waals surface area (Å²) in [7, 11) is 5.09. The zero-order valence-corrected chi connectivity index (χ0v) is 9.83. The fourth-order valence-corrected chi connectivity index (χ4v) is 1.89. The number of likely N-dealkylation sites (N-methyl/N-ethyl adjacent to an activating group) is 1. The maximum Gasteiger partial charge on any atom is 0.246 e. The molecule has 4 heteroatoms. The lowest BCUT2D eigenvalue weighted by molar-refractivity contribution is -0.119. The van der Waals surface area contributed by atoms with E-state index < -0.39 is 0 Å². The molecule has 0 N–H and O–H groups in total. The summed E-state index contributed by atoms with van der Waals surface area (Å²) in [5.41, 5.74) is -0.143. The van der Waals surface area contributed by atoms with E-state index in [0.717, 1.165) is 6.54 Å². The van der Waals surface area contributed by atoms with E-state index >= 15 is 0 Å². The minimum Gasteiger partial charge on any atom is -0.416 e. The normalized spacial score (nSPS) is 36.0. The van der Waals surface area contributed by atoms with Crippen LogP contribution in [0.25, 0.3) is 0 Å². The molecule has 3 nitrogen and oxygen atoms in total. The lowest BCUT2D eigenvalue weighted by Gasteiger charge is -2.34.